The highest BCUT2D eigenvalue weighted by Crippen LogP contribution is 2.44. The van der Waals surface area contributed by atoms with Crippen molar-refractivity contribution in [1.29, 1.82) is 0 Å². The van der Waals surface area contributed by atoms with Crippen molar-refractivity contribution in [3.63, 3.8) is 0 Å². The molecule has 4 nitrogen and oxygen atoms in total. The second-order valence-electron chi connectivity index (χ2n) is 5.77. The average Bonchev–Trinajstić information content (AvgIpc) is 2.56. The van der Waals surface area contributed by atoms with Crippen molar-refractivity contribution in [3.8, 4) is 5.75 Å². The predicted molar refractivity (Wildman–Crippen MR) is 86.7 cm³/mol. The number of para-hydroxylation sites is 1. The molecule has 1 saturated heterocycles. The number of halogens is 1. The molecule has 2 atom stereocenters. The molecule has 2 aromatic carbocycles. The molecule has 0 saturated carbocycles. The molecule has 2 heterocycles. The Bertz CT molecular complexity index is 787. The quantitative estimate of drug-likeness (QED) is 0.457. The first-order valence-corrected chi connectivity index (χ1v) is 7.88. The van der Waals surface area contributed by atoms with Gasteiger partial charge in [0.15, 0.2) is 5.78 Å². The van der Waals surface area contributed by atoms with E-state index in [1.165, 1.54) is 0 Å². The molecule has 0 bridgehead atoms. The van der Waals surface area contributed by atoms with Gasteiger partial charge in [-0.15, -0.1) is 0 Å². The zero-order valence-corrected chi connectivity index (χ0v) is 13.0. The largest absolute Gasteiger partial charge is 0.426 e. The molecule has 0 unspecified atom stereocenters. The molecule has 2 aliphatic heterocycles. The van der Waals surface area contributed by atoms with E-state index in [9.17, 15) is 9.59 Å². The molecule has 0 radical (unpaired) electrons. The number of hydrogen-bond acceptors (Lipinski definition) is 4. The Hall–Kier alpha value is -2.33. The van der Waals surface area contributed by atoms with Crippen LogP contribution in [0.3, 0.4) is 0 Å². The van der Waals surface area contributed by atoms with Gasteiger partial charge in [-0.25, -0.2) is 0 Å². The van der Waals surface area contributed by atoms with Crippen LogP contribution in [0.15, 0.2) is 48.5 Å². The molecule has 5 heteroatoms. The van der Waals surface area contributed by atoms with Crippen LogP contribution in [0.4, 0.5) is 5.69 Å². The number of carbonyl (C=O) groups excluding carboxylic acids is 2. The molecule has 116 valence electrons. The molecule has 0 N–H and O–H groups in total. The number of carbonyl (C=O) groups is 2. The number of ether oxygens (including phenoxy) is 1. The Kier molecular flexibility index (Phi) is 3.34. The lowest BCUT2D eigenvalue weighted by molar-refractivity contribution is -0.147. The number of anilines is 1. The van der Waals surface area contributed by atoms with Gasteiger partial charge in [0.25, 0.3) is 0 Å². The highest BCUT2D eigenvalue weighted by atomic mass is 35.5. The zero-order valence-electron chi connectivity index (χ0n) is 12.2. The minimum absolute atomic E-state index is 0.0558. The second-order valence-corrected chi connectivity index (χ2v) is 6.20. The van der Waals surface area contributed by atoms with E-state index in [-0.39, 0.29) is 11.8 Å². The maximum Gasteiger partial charge on any atom is 0.324 e. The number of nitrogens with zero attached hydrogens (tertiary/aromatic N) is 1. The third-order valence-electron chi connectivity index (χ3n) is 4.46. The Morgan fingerprint density at radius 1 is 1.04 bits per heavy atom. The number of piperidine rings is 1. The van der Waals surface area contributed by atoms with E-state index in [1.807, 2.05) is 42.5 Å². The Labute approximate surface area is 138 Å². The standard InChI is InChI=1S/C18H14ClNO3/c19-11-5-7-12(8-6-11)20-10-9-14(21)16-17(20)13-3-1-2-4-15(13)23-18(16)22/h1-8,16-17H,9-10H2/t16-,17-/m0/s1. The van der Waals surface area contributed by atoms with Crippen molar-refractivity contribution in [2.45, 2.75) is 12.5 Å². The van der Waals surface area contributed by atoms with E-state index in [0.29, 0.717) is 23.7 Å². The number of benzene rings is 2. The first kappa shape index (κ1) is 14.3. The summed E-state index contributed by atoms with van der Waals surface area (Å²) in [5, 5.41) is 0.654. The maximum atomic E-state index is 12.3. The smallest absolute Gasteiger partial charge is 0.324 e. The Balaban J connectivity index is 1.84. The van der Waals surface area contributed by atoms with Gasteiger partial charge in [0.05, 0.1) is 6.04 Å². The highest BCUT2D eigenvalue weighted by molar-refractivity contribution is 6.30. The molecular formula is C18H14ClNO3. The van der Waals surface area contributed by atoms with Gasteiger partial charge in [-0.3, -0.25) is 9.59 Å². The fourth-order valence-electron chi connectivity index (χ4n) is 3.40. The van der Waals surface area contributed by atoms with Gasteiger partial charge in [-0.2, -0.15) is 0 Å². The van der Waals surface area contributed by atoms with Crippen molar-refractivity contribution >= 4 is 29.0 Å². The third-order valence-corrected chi connectivity index (χ3v) is 4.71. The monoisotopic (exact) mass is 327 g/mol. The van der Waals surface area contributed by atoms with Crippen LogP contribution < -0.4 is 9.64 Å². The minimum atomic E-state index is -0.769. The molecular weight excluding hydrogens is 314 g/mol. The highest BCUT2D eigenvalue weighted by Gasteiger charge is 2.47. The number of hydrogen-bond donors (Lipinski definition) is 0. The molecule has 0 aromatic heterocycles. The van der Waals surface area contributed by atoms with Crippen LogP contribution in [0.5, 0.6) is 5.75 Å². The molecule has 2 aromatic rings. The number of rotatable bonds is 1. The van der Waals surface area contributed by atoms with Gasteiger partial charge in [0, 0.05) is 29.2 Å². The van der Waals surface area contributed by atoms with Crippen LogP contribution in [-0.2, 0) is 9.59 Å². The normalized spacial score (nSPS) is 23.1. The lowest BCUT2D eigenvalue weighted by atomic mass is 9.81. The van der Waals surface area contributed by atoms with E-state index in [0.717, 1.165) is 11.3 Å². The molecule has 0 aliphatic carbocycles. The summed E-state index contributed by atoms with van der Waals surface area (Å²) in [6, 6.07) is 14.5. The Morgan fingerprint density at radius 3 is 2.57 bits per heavy atom. The third kappa shape index (κ3) is 2.30. The number of fused-ring (bicyclic) bond motifs is 3. The minimum Gasteiger partial charge on any atom is -0.426 e. The molecule has 0 amide bonds. The second kappa shape index (κ2) is 5.39. The molecule has 4 rings (SSSR count). The van der Waals surface area contributed by atoms with Gasteiger partial charge in [-0.1, -0.05) is 29.8 Å². The van der Waals surface area contributed by atoms with Gasteiger partial charge in [-0.05, 0) is 30.3 Å². The van der Waals surface area contributed by atoms with Crippen LogP contribution in [-0.4, -0.2) is 18.3 Å². The Morgan fingerprint density at radius 2 is 1.78 bits per heavy atom. The van der Waals surface area contributed by atoms with E-state index in [4.69, 9.17) is 16.3 Å². The molecule has 1 fully saturated rings. The van der Waals surface area contributed by atoms with Crippen molar-refractivity contribution in [1.82, 2.24) is 0 Å². The van der Waals surface area contributed by atoms with E-state index < -0.39 is 11.9 Å². The lowest BCUT2D eigenvalue weighted by Gasteiger charge is -2.43. The summed E-state index contributed by atoms with van der Waals surface area (Å²) in [5.74, 6) is -0.751. The average molecular weight is 328 g/mol. The van der Waals surface area contributed by atoms with Crippen molar-refractivity contribution < 1.29 is 14.3 Å². The summed E-state index contributed by atoms with van der Waals surface area (Å²) >= 11 is 5.97. The van der Waals surface area contributed by atoms with Crippen molar-refractivity contribution in [2.24, 2.45) is 5.92 Å². The van der Waals surface area contributed by atoms with Gasteiger partial charge >= 0.3 is 5.97 Å². The van der Waals surface area contributed by atoms with Crippen molar-refractivity contribution in [3.05, 3.63) is 59.1 Å². The molecule has 2 aliphatic rings. The predicted octanol–water partition coefficient (Wildman–Crippen LogP) is 3.40. The van der Waals surface area contributed by atoms with Crippen LogP contribution in [0.2, 0.25) is 5.02 Å². The van der Waals surface area contributed by atoms with Crippen LogP contribution in [0.25, 0.3) is 0 Å². The summed E-state index contributed by atoms with van der Waals surface area (Å²) in [7, 11) is 0. The molecule has 0 spiro atoms. The summed E-state index contributed by atoms with van der Waals surface area (Å²) in [6.07, 6.45) is 0.334. The van der Waals surface area contributed by atoms with E-state index in [1.54, 1.807) is 6.07 Å². The summed E-state index contributed by atoms with van der Waals surface area (Å²) < 4.78 is 5.37. The van der Waals surface area contributed by atoms with Gasteiger partial charge in [0.1, 0.15) is 11.7 Å². The number of Topliss-reactive ketones (excluding diaryl/α,β-unsaturated/α-hetero) is 1. The zero-order chi connectivity index (χ0) is 16.0. The van der Waals surface area contributed by atoms with Gasteiger partial charge < -0.3 is 9.64 Å². The fraction of sp³-hybridized carbons (Fsp3) is 0.222. The van der Waals surface area contributed by atoms with Crippen LogP contribution >= 0.6 is 11.6 Å². The van der Waals surface area contributed by atoms with Crippen molar-refractivity contribution in [2.75, 3.05) is 11.4 Å². The SMILES string of the molecule is O=C1CCN(c2ccc(Cl)cc2)[C@H]2c3ccccc3OC(=O)[C@@H]12. The number of esters is 1. The van der Waals surface area contributed by atoms with E-state index in [2.05, 4.69) is 4.90 Å². The van der Waals surface area contributed by atoms with Crippen LogP contribution in [0.1, 0.15) is 18.0 Å². The fourth-order valence-corrected chi connectivity index (χ4v) is 3.53. The summed E-state index contributed by atoms with van der Waals surface area (Å²) in [4.78, 5) is 26.8. The summed E-state index contributed by atoms with van der Waals surface area (Å²) in [6.45, 7) is 0.573. The summed E-state index contributed by atoms with van der Waals surface area (Å²) in [5.41, 5.74) is 1.82. The van der Waals surface area contributed by atoms with E-state index >= 15 is 0 Å². The van der Waals surface area contributed by atoms with Crippen LogP contribution in [0, 0.1) is 5.92 Å². The number of ketones is 1. The first-order chi connectivity index (χ1) is 11.1. The maximum absolute atomic E-state index is 12.3. The first-order valence-electron chi connectivity index (χ1n) is 7.51. The topological polar surface area (TPSA) is 46.6 Å². The molecule has 23 heavy (non-hydrogen) atoms. The van der Waals surface area contributed by atoms with Gasteiger partial charge in [0.2, 0.25) is 0 Å². The lowest BCUT2D eigenvalue weighted by Crippen LogP contribution is -2.50.